The van der Waals surface area contributed by atoms with E-state index in [0.717, 1.165) is 0 Å². The smallest absolute Gasteiger partial charge is 0.169 e. The number of hydrogen-bond donors (Lipinski definition) is 1. The first-order valence-electron chi connectivity index (χ1n) is 4.65. The van der Waals surface area contributed by atoms with E-state index < -0.39 is 5.82 Å². The Labute approximate surface area is 91.6 Å². The zero-order valence-corrected chi connectivity index (χ0v) is 8.94. The number of rotatable bonds is 2. The van der Waals surface area contributed by atoms with E-state index in [4.69, 9.17) is 10.5 Å². The molecular formula is C10H11FN4O. The standard InChI is InChI=1S/C10H11FN4O/c1-6-10(12)13-14-15(6)9-5-7(16-2)3-4-8(9)11/h3-5H,12H2,1-2H3. The van der Waals surface area contributed by atoms with E-state index in [-0.39, 0.29) is 11.5 Å². The quantitative estimate of drug-likeness (QED) is 0.831. The molecule has 0 saturated carbocycles. The molecule has 0 fully saturated rings. The van der Waals surface area contributed by atoms with Gasteiger partial charge >= 0.3 is 0 Å². The normalized spacial score (nSPS) is 10.4. The molecule has 5 nitrogen and oxygen atoms in total. The van der Waals surface area contributed by atoms with Crippen molar-refractivity contribution in [2.24, 2.45) is 0 Å². The molecule has 0 spiro atoms. The van der Waals surface area contributed by atoms with Crippen molar-refractivity contribution in [3.63, 3.8) is 0 Å². The van der Waals surface area contributed by atoms with E-state index in [9.17, 15) is 4.39 Å². The fourth-order valence-electron chi connectivity index (χ4n) is 1.35. The van der Waals surface area contributed by atoms with Gasteiger partial charge in [-0.2, -0.15) is 0 Å². The molecule has 0 aliphatic carbocycles. The molecule has 0 unspecified atom stereocenters. The number of benzene rings is 1. The summed E-state index contributed by atoms with van der Waals surface area (Å²) in [6.07, 6.45) is 0. The molecule has 6 heteroatoms. The number of aromatic nitrogens is 3. The van der Waals surface area contributed by atoms with Crippen molar-refractivity contribution in [2.45, 2.75) is 6.92 Å². The summed E-state index contributed by atoms with van der Waals surface area (Å²) >= 11 is 0. The number of nitrogen functional groups attached to an aromatic ring is 1. The van der Waals surface area contributed by atoms with Crippen LogP contribution in [-0.4, -0.2) is 22.1 Å². The topological polar surface area (TPSA) is 66.0 Å². The number of methoxy groups -OCH3 is 1. The Morgan fingerprint density at radius 3 is 2.75 bits per heavy atom. The van der Waals surface area contributed by atoms with Crippen LogP contribution in [0.25, 0.3) is 5.69 Å². The van der Waals surface area contributed by atoms with Gasteiger partial charge in [-0.1, -0.05) is 5.21 Å². The molecule has 1 aromatic carbocycles. The molecule has 16 heavy (non-hydrogen) atoms. The van der Waals surface area contributed by atoms with Crippen LogP contribution >= 0.6 is 0 Å². The van der Waals surface area contributed by atoms with E-state index in [0.29, 0.717) is 11.4 Å². The Morgan fingerprint density at radius 2 is 2.19 bits per heavy atom. The van der Waals surface area contributed by atoms with Crippen LogP contribution in [0, 0.1) is 12.7 Å². The Bertz CT molecular complexity index is 524. The lowest BCUT2D eigenvalue weighted by Crippen LogP contribution is -2.03. The van der Waals surface area contributed by atoms with Gasteiger partial charge in [-0.05, 0) is 19.1 Å². The molecule has 0 aliphatic rings. The van der Waals surface area contributed by atoms with Gasteiger partial charge in [-0.15, -0.1) is 5.10 Å². The second kappa shape index (κ2) is 3.80. The fraction of sp³-hybridized carbons (Fsp3) is 0.200. The molecule has 2 aromatic rings. The number of nitrogens with zero attached hydrogens (tertiary/aromatic N) is 3. The molecule has 0 atom stereocenters. The Hall–Kier alpha value is -2.11. The predicted molar refractivity (Wildman–Crippen MR) is 57.0 cm³/mol. The Balaban J connectivity index is 2.59. The summed E-state index contributed by atoms with van der Waals surface area (Å²) in [4.78, 5) is 0. The average molecular weight is 222 g/mol. The van der Waals surface area contributed by atoms with Gasteiger partial charge in [-0.25, -0.2) is 9.07 Å². The fourth-order valence-corrected chi connectivity index (χ4v) is 1.35. The zero-order chi connectivity index (χ0) is 11.7. The molecule has 1 heterocycles. The molecule has 0 radical (unpaired) electrons. The molecule has 0 amide bonds. The van der Waals surface area contributed by atoms with Crippen molar-refractivity contribution >= 4 is 5.82 Å². The third-order valence-corrected chi connectivity index (χ3v) is 2.31. The van der Waals surface area contributed by atoms with Crippen molar-refractivity contribution in [1.82, 2.24) is 15.0 Å². The highest BCUT2D eigenvalue weighted by Gasteiger charge is 2.12. The van der Waals surface area contributed by atoms with Crippen molar-refractivity contribution in [1.29, 1.82) is 0 Å². The minimum absolute atomic E-state index is 0.265. The SMILES string of the molecule is COc1ccc(F)c(-n2nnc(N)c2C)c1. The van der Waals surface area contributed by atoms with Crippen LogP contribution in [0.15, 0.2) is 18.2 Å². The van der Waals surface area contributed by atoms with E-state index in [1.807, 2.05) is 0 Å². The van der Waals surface area contributed by atoms with Crippen molar-refractivity contribution in [3.05, 3.63) is 29.7 Å². The average Bonchev–Trinajstić information content (AvgIpc) is 2.61. The van der Waals surface area contributed by atoms with E-state index in [1.54, 1.807) is 6.92 Å². The van der Waals surface area contributed by atoms with Gasteiger partial charge in [0.25, 0.3) is 0 Å². The van der Waals surface area contributed by atoms with Gasteiger partial charge in [-0.3, -0.25) is 0 Å². The van der Waals surface area contributed by atoms with Gasteiger partial charge in [0.2, 0.25) is 0 Å². The van der Waals surface area contributed by atoms with Crippen LogP contribution in [0.5, 0.6) is 5.75 Å². The maximum atomic E-state index is 13.6. The van der Waals surface area contributed by atoms with E-state index in [1.165, 1.54) is 30.0 Å². The number of anilines is 1. The maximum Gasteiger partial charge on any atom is 0.169 e. The van der Waals surface area contributed by atoms with Crippen molar-refractivity contribution in [3.8, 4) is 11.4 Å². The molecule has 2 N–H and O–H groups in total. The lowest BCUT2D eigenvalue weighted by molar-refractivity contribution is 0.413. The van der Waals surface area contributed by atoms with E-state index >= 15 is 0 Å². The number of ether oxygens (including phenoxy) is 1. The summed E-state index contributed by atoms with van der Waals surface area (Å²) in [6.45, 7) is 1.72. The molecule has 0 bridgehead atoms. The first-order valence-corrected chi connectivity index (χ1v) is 4.65. The van der Waals surface area contributed by atoms with Crippen molar-refractivity contribution < 1.29 is 9.13 Å². The second-order valence-electron chi connectivity index (χ2n) is 3.29. The van der Waals surface area contributed by atoms with Crippen LogP contribution in [0.1, 0.15) is 5.69 Å². The number of hydrogen-bond acceptors (Lipinski definition) is 4. The van der Waals surface area contributed by atoms with Crippen LogP contribution in [0.3, 0.4) is 0 Å². The minimum Gasteiger partial charge on any atom is -0.497 e. The Kier molecular flexibility index (Phi) is 2.47. The summed E-state index contributed by atoms with van der Waals surface area (Å²) in [6, 6.07) is 4.39. The summed E-state index contributed by atoms with van der Waals surface area (Å²) < 4.78 is 20.0. The van der Waals surface area contributed by atoms with Gasteiger partial charge < -0.3 is 10.5 Å². The lowest BCUT2D eigenvalue weighted by Gasteiger charge is -2.06. The predicted octanol–water partition coefficient (Wildman–Crippen LogP) is 1.31. The zero-order valence-electron chi connectivity index (χ0n) is 8.94. The highest BCUT2D eigenvalue weighted by Crippen LogP contribution is 2.21. The van der Waals surface area contributed by atoms with Crippen LogP contribution < -0.4 is 10.5 Å². The summed E-state index contributed by atoms with van der Waals surface area (Å²) in [5, 5.41) is 7.44. The third-order valence-electron chi connectivity index (χ3n) is 2.31. The van der Waals surface area contributed by atoms with Gasteiger partial charge in [0, 0.05) is 6.07 Å². The van der Waals surface area contributed by atoms with Crippen LogP contribution in [0.2, 0.25) is 0 Å². The second-order valence-corrected chi connectivity index (χ2v) is 3.29. The van der Waals surface area contributed by atoms with Crippen molar-refractivity contribution in [2.75, 3.05) is 12.8 Å². The van der Waals surface area contributed by atoms with E-state index in [2.05, 4.69) is 10.3 Å². The van der Waals surface area contributed by atoms with Gasteiger partial charge in [0.15, 0.2) is 5.82 Å². The first kappa shape index (κ1) is 10.4. The first-order chi connectivity index (χ1) is 7.63. The molecule has 2 rings (SSSR count). The van der Waals surface area contributed by atoms with Crippen LogP contribution in [-0.2, 0) is 0 Å². The molecule has 1 aromatic heterocycles. The van der Waals surface area contributed by atoms with Gasteiger partial charge in [0.05, 0.1) is 12.8 Å². The van der Waals surface area contributed by atoms with Crippen LogP contribution in [0.4, 0.5) is 10.2 Å². The number of halogens is 1. The monoisotopic (exact) mass is 222 g/mol. The van der Waals surface area contributed by atoms with Gasteiger partial charge in [0.1, 0.15) is 17.3 Å². The summed E-state index contributed by atoms with van der Waals surface area (Å²) in [7, 11) is 1.51. The highest BCUT2D eigenvalue weighted by atomic mass is 19.1. The number of nitrogens with two attached hydrogens (primary N) is 1. The molecule has 0 aliphatic heterocycles. The summed E-state index contributed by atoms with van der Waals surface area (Å²) in [5.74, 6) is 0.417. The maximum absolute atomic E-state index is 13.6. The Morgan fingerprint density at radius 1 is 1.44 bits per heavy atom. The largest absolute Gasteiger partial charge is 0.497 e. The minimum atomic E-state index is -0.409. The molecule has 84 valence electrons. The molecule has 0 saturated heterocycles. The third kappa shape index (κ3) is 1.58. The summed E-state index contributed by atoms with van der Waals surface area (Å²) in [5.41, 5.74) is 6.41. The highest BCUT2D eigenvalue weighted by molar-refractivity contribution is 5.44. The molecular weight excluding hydrogens is 211 g/mol. The lowest BCUT2D eigenvalue weighted by atomic mass is 10.3.